The molecular formula is C73H102Cl3F3N16O8S. The second-order valence-corrected chi connectivity index (χ2v) is 28.9. The quantitative estimate of drug-likeness (QED) is 0.0326. The summed E-state index contributed by atoms with van der Waals surface area (Å²) in [5.41, 5.74) is 2.84. The van der Waals surface area contributed by atoms with Crippen LogP contribution < -0.4 is 36.6 Å². The van der Waals surface area contributed by atoms with Crippen LogP contribution in [-0.2, 0) is 52.8 Å². The van der Waals surface area contributed by atoms with Gasteiger partial charge < -0.3 is 51.3 Å². The van der Waals surface area contributed by atoms with E-state index in [1.165, 1.54) is 0 Å². The monoisotopic (exact) mass is 1520 g/mol. The highest BCUT2D eigenvalue weighted by Crippen LogP contribution is 2.33. The van der Waals surface area contributed by atoms with E-state index in [9.17, 15) is 46.7 Å². The second-order valence-electron chi connectivity index (χ2n) is 26.5. The first-order chi connectivity index (χ1) is 49.3. The molecule has 570 valence electrons. The minimum absolute atomic E-state index is 0.00332. The number of aryl methyl sites for hydroxylation is 1. The number of nitrogens with one attached hydrogen (secondary N) is 6. The van der Waals surface area contributed by atoms with Crippen molar-refractivity contribution in [1.29, 1.82) is 0 Å². The molecule has 3 fully saturated rings. The summed E-state index contributed by atoms with van der Waals surface area (Å²) in [6.07, 6.45) is -0.425. The Kier molecular flexibility index (Phi) is 36.7. The molecular weight excluding hydrogens is 1420 g/mol. The van der Waals surface area contributed by atoms with Gasteiger partial charge >= 0.3 is 6.18 Å². The van der Waals surface area contributed by atoms with Gasteiger partial charge in [0, 0.05) is 164 Å². The molecule has 3 aliphatic heterocycles. The summed E-state index contributed by atoms with van der Waals surface area (Å²) in [5.74, 6) is 2.16. The molecule has 0 unspecified atom stereocenters. The number of carbonyl (C=O) groups is 7. The van der Waals surface area contributed by atoms with Gasteiger partial charge in [-0.05, 0) is 72.6 Å². The fraction of sp³-hybridized carbons (Fsp3) is 0.521. The number of fused-ring (bicyclic) bond motifs is 1. The van der Waals surface area contributed by atoms with Crippen LogP contribution in [0.4, 0.5) is 30.6 Å². The zero-order valence-electron chi connectivity index (χ0n) is 61.6. The van der Waals surface area contributed by atoms with Gasteiger partial charge in [0.05, 0.1) is 58.3 Å². The largest absolute Gasteiger partial charge is 0.497 e. The maximum absolute atomic E-state index is 12.4. The third-order valence-corrected chi connectivity index (χ3v) is 18.1. The zero-order chi connectivity index (χ0) is 76.6. The molecule has 0 bridgehead atoms. The van der Waals surface area contributed by atoms with E-state index >= 15 is 0 Å². The molecule has 0 saturated carbocycles. The number of aromatic nitrogens is 4. The number of carbonyl (C=O) groups excluding carboxylic acids is 7. The topological polar surface area (TPSA) is 272 Å². The van der Waals surface area contributed by atoms with Crippen molar-refractivity contribution in [2.45, 2.75) is 95.4 Å². The number of amides is 7. The number of thiazole rings is 1. The van der Waals surface area contributed by atoms with Crippen molar-refractivity contribution in [2.24, 2.45) is 29.6 Å². The molecule has 31 heteroatoms. The fourth-order valence-electron chi connectivity index (χ4n) is 10.2. The number of pyridine rings is 1. The minimum Gasteiger partial charge on any atom is -0.497 e. The number of methoxy groups -OCH3 is 1. The van der Waals surface area contributed by atoms with Gasteiger partial charge in [0.2, 0.25) is 47.3 Å². The molecule has 3 aromatic heterocycles. The Hall–Kier alpha value is -7.99. The molecule has 0 spiro atoms. The first kappa shape index (κ1) is 86.6. The van der Waals surface area contributed by atoms with E-state index in [1.807, 2.05) is 138 Å². The number of piperazine rings is 3. The van der Waals surface area contributed by atoms with E-state index in [-0.39, 0.29) is 81.8 Å². The highest BCUT2D eigenvalue weighted by Gasteiger charge is 2.32. The Morgan fingerprint density at radius 1 is 0.558 bits per heavy atom. The maximum Gasteiger partial charge on any atom is 0.417 e. The molecule has 0 atom stereocenters. The van der Waals surface area contributed by atoms with Crippen molar-refractivity contribution in [1.82, 2.24) is 65.3 Å². The van der Waals surface area contributed by atoms with E-state index in [0.29, 0.717) is 113 Å². The van der Waals surface area contributed by atoms with Gasteiger partial charge in [0.15, 0.2) is 0 Å². The summed E-state index contributed by atoms with van der Waals surface area (Å²) in [6.45, 7) is 33.8. The predicted molar refractivity (Wildman–Crippen MR) is 406 cm³/mol. The number of hydrogen-bond donors (Lipinski definition) is 6. The highest BCUT2D eigenvalue weighted by atomic mass is 35.5. The number of halogens is 6. The van der Waals surface area contributed by atoms with E-state index in [1.54, 1.807) is 50.8 Å². The Bertz CT molecular complexity index is 3690. The third kappa shape index (κ3) is 31.0. The average Bonchev–Trinajstić information content (AvgIpc) is 1.45. The van der Waals surface area contributed by atoms with Crippen LogP contribution in [0.2, 0.25) is 15.1 Å². The van der Waals surface area contributed by atoms with Crippen LogP contribution in [0, 0.1) is 36.5 Å². The van der Waals surface area contributed by atoms with Crippen molar-refractivity contribution in [3.63, 3.8) is 0 Å². The minimum atomic E-state index is -4.47. The smallest absolute Gasteiger partial charge is 0.417 e. The van der Waals surface area contributed by atoms with E-state index in [4.69, 9.17) is 44.5 Å². The summed E-state index contributed by atoms with van der Waals surface area (Å²) in [4.78, 5) is 111. The van der Waals surface area contributed by atoms with Crippen molar-refractivity contribution in [2.75, 3.05) is 141 Å². The number of rotatable bonds is 23. The van der Waals surface area contributed by atoms with Crippen LogP contribution >= 0.6 is 46.1 Å². The molecule has 3 saturated heterocycles. The number of alkyl halides is 3. The molecule has 3 aromatic carbocycles. The lowest BCUT2D eigenvalue weighted by Gasteiger charge is -2.35. The number of anilines is 3. The molecule has 24 nitrogen and oxygen atoms in total. The lowest BCUT2D eigenvalue weighted by molar-refractivity contribution is -0.138. The van der Waals surface area contributed by atoms with Gasteiger partial charge in [-0.1, -0.05) is 122 Å². The highest BCUT2D eigenvalue weighted by molar-refractivity contribution is 7.18. The maximum atomic E-state index is 12.4. The zero-order valence-corrected chi connectivity index (χ0v) is 64.7. The van der Waals surface area contributed by atoms with Gasteiger partial charge in [0.1, 0.15) is 16.6 Å². The molecule has 6 aromatic rings. The van der Waals surface area contributed by atoms with Crippen LogP contribution in [0.3, 0.4) is 0 Å². The molecule has 0 aliphatic carbocycles. The van der Waals surface area contributed by atoms with Crippen molar-refractivity contribution in [3.8, 4) is 5.75 Å². The van der Waals surface area contributed by atoms with Gasteiger partial charge in [-0.15, -0.1) is 11.3 Å². The van der Waals surface area contributed by atoms with Crippen LogP contribution in [0.5, 0.6) is 5.75 Å². The number of nitrogens with zero attached hydrogens (tertiary/aromatic N) is 10. The summed E-state index contributed by atoms with van der Waals surface area (Å²) in [7, 11) is 1.68. The Morgan fingerprint density at radius 3 is 1.53 bits per heavy atom. The van der Waals surface area contributed by atoms with Crippen molar-refractivity contribution in [3.05, 3.63) is 128 Å². The Morgan fingerprint density at radius 2 is 1.06 bits per heavy atom. The van der Waals surface area contributed by atoms with Crippen molar-refractivity contribution < 1.29 is 51.5 Å². The summed E-state index contributed by atoms with van der Waals surface area (Å²) < 4.78 is 43.6. The van der Waals surface area contributed by atoms with Gasteiger partial charge in [-0.3, -0.25) is 48.3 Å². The fourth-order valence-corrected chi connectivity index (χ4v) is 11.9. The van der Waals surface area contributed by atoms with Gasteiger partial charge in [-0.2, -0.15) is 13.2 Å². The summed E-state index contributed by atoms with van der Waals surface area (Å²) >= 11 is 19.4. The average molecular weight is 1530 g/mol. The van der Waals surface area contributed by atoms with Crippen molar-refractivity contribution >= 4 is 115 Å². The summed E-state index contributed by atoms with van der Waals surface area (Å²) in [5, 5.41) is 19.2. The van der Waals surface area contributed by atoms with Crippen LogP contribution in [0.15, 0.2) is 91.4 Å². The predicted octanol–water partition coefficient (Wildman–Crippen LogP) is 10.3. The number of ether oxygens (including phenoxy) is 1. The first-order valence-electron chi connectivity index (χ1n) is 34.9. The third-order valence-electron chi connectivity index (χ3n) is 16.3. The van der Waals surface area contributed by atoms with E-state index in [0.717, 1.165) is 84.0 Å². The lowest BCUT2D eigenvalue weighted by Crippen LogP contribution is -2.51. The molecule has 6 N–H and O–H groups in total. The molecule has 9 rings (SSSR count). The molecule has 3 aliphatic rings. The molecule has 6 heterocycles. The standard InChI is InChI=1S/2C17H24ClN3O2.C17H23N3O2S.C12H15ClF3N3O.C10H16N4O/c1-12(2)17(23)21-8-6-20(7-9-21)11-16(22)19-15-5-4-13(3)10-14(15)18;1-13(2)17(23)21-9-7-20(8-10-21)12-16(22)19-11-14-3-5-15(18)6-4-14;1-12(2)17(21)20-8-6-19(7-9-20)11-16-18-14-5-4-13(22-3)10-15(14)23-16;1-7(2)11(20)18-4-3-17-10-9(13)5-8(6-19-10)12(14,15)16;1-8(2)9(15)11-6-7-14-10-12-4-3-5-13-10/h4-5,10,12H,6-9,11H2,1-3H3,(H,19,22);3-6,13H,7-12H2,1-2H3,(H,19,22);4-5,10,12H,6-9,11H2,1-3H3;5-7H,3-4H2,1-2H3,(H,17,19)(H,18,20);3-5,8H,6-7H2,1-2H3,(H,11,15)(H,12,13,14). The van der Waals surface area contributed by atoms with Crippen LogP contribution in [0.25, 0.3) is 10.2 Å². The Balaban J connectivity index is 0.000000235. The van der Waals surface area contributed by atoms with E-state index in [2.05, 4.69) is 61.6 Å². The first-order valence-corrected chi connectivity index (χ1v) is 36.8. The summed E-state index contributed by atoms with van der Waals surface area (Å²) in [6, 6.07) is 21.5. The van der Waals surface area contributed by atoms with Gasteiger partial charge in [-0.25, -0.2) is 19.9 Å². The lowest BCUT2D eigenvalue weighted by atomic mass is 10.1. The molecule has 7 amide bonds. The molecule has 0 radical (unpaired) electrons. The van der Waals surface area contributed by atoms with Gasteiger partial charge in [0.25, 0.3) is 0 Å². The van der Waals surface area contributed by atoms with Crippen LogP contribution in [0.1, 0.15) is 90.9 Å². The normalized spacial score (nSPS) is 14.2. The number of benzene rings is 3. The SMILES string of the molecule is CC(C)C(=O)N1CCN(CC(=O)NCc2ccc(Cl)cc2)CC1.CC(C)C(=O)NCCNc1ncc(C(F)(F)F)cc1Cl.CC(C)C(=O)NCCNc1ncccn1.COc1ccc2nc(CN3CCN(C(=O)C(C)C)CC3)sc2c1.Cc1ccc(NC(=O)CN2CCN(C(=O)C(C)C)CC2)c(Cl)c1. The molecule has 104 heavy (non-hydrogen) atoms. The van der Waals surface area contributed by atoms with Crippen LogP contribution in [-0.4, -0.2) is 216 Å². The number of hydrogen-bond acceptors (Lipinski definition) is 18. The second kappa shape index (κ2) is 44.1. The Labute approximate surface area is 628 Å². The van der Waals surface area contributed by atoms with E-state index < -0.39 is 11.7 Å².